The van der Waals surface area contributed by atoms with E-state index in [9.17, 15) is 13.2 Å². The van der Waals surface area contributed by atoms with Crippen molar-refractivity contribution in [3.05, 3.63) is 23.8 Å². The molecule has 1 aromatic carbocycles. The molecule has 122 valence electrons. The van der Waals surface area contributed by atoms with Gasteiger partial charge in [0.15, 0.2) is 11.5 Å². The number of carbonyl (C=O) groups excluding carboxylic acids is 1. The van der Waals surface area contributed by atoms with Crippen LogP contribution in [0.5, 0.6) is 11.5 Å². The third-order valence-electron chi connectivity index (χ3n) is 3.38. The Morgan fingerprint density at radius 3 is 2.45 bits per heavy atom. The van der Waals surface area contributed by atoms with Crippen LogP contribution in [-0.2, 0) is 21.4 Å². The molecule has 22 heavy (non-hydrogen) atoms. The van der Waals surface area contributed by atoms with Gasteiger partial charge in [-0.25, -0.2) is 8.42 Å². The summed E-state index contributed by atoms with van der Waals surface area (Å²) in [6.45, 7) is 1.22. The lowest BCUT2D eigenvalue weighted by atomic mass is 10.2. The average Bonchev–Trinajstić information content (AvgIpc) is 2.46. The Bertz CT molecular complexity index is 659. The first-order valence-electron chi connectivity index (χ1n) is 6.81. The van der Waals surface area contributed by atoms with Crippen LogP contribution in [0.15, 0.2) is 18.2 Å². The Morgan fingerprint density at radius 1 is 1.18 bits per heavy atom. The topological polar surface area (TPSA) is 76.2 Å². The van der Waals surface area contributed by atoms with Crippen LogP contribution in [0.4, 0.5) is 0 Å². The maximum absolute atomic E-state index is 12.1. The molecule has 1 aromatic rings. The summed E-state index contributed by atoms with van der Waals surface area (Å²) < 4.78 is 34.6. The number of sulfonamides is 1. The quantitative estimate of drug-likeness (QED) is 0.777. The van der Waals surface area contributed by atoms with Crippen molar-refractivity contribution >= 4 is 15.9 Å². The second-order valence-electron chi connectivity index (χ2n) is 5.25. The van der Waals surface area contributed by atoms with Gasteiger partial charge in [0.25, 0.3) is 0 Å². The summed E-state index contributed by atoms with van der Waals surface area (Å²) in [4.78, 5) is 13.5. The third-order valence-corrected chi connectivity index (χ3v) is 4.64. The predicted octanol–water partition coefficient (Wildman–Crippen LogP) is 0.308. The lowest BCUT2D eigenvalue weighted by Gasteiger charge is -2.22. The number of nitrogens with zero attached hydrogens (tertiary/aromatic N) is 2. The van der Waals surface area contributed by atoms with Crippen LogP contribution >= 0.6 is 0 Å². The van der Waals surface area contributed by atoms with Crippen LogP contribution < -0.4 is 9.47 Å². The highest BCUT2D eigenvalue weighted by Gasteiger charge is 2.19. The van der Waals surface area contributed by atoms with Crippen LogP contribution in [0.3, 0.4) is 0 Å². The van der Waals surface area contributed by atoms with Crippen molar-refractivity contribution in [1.82, 2.24) is 9.21 Å². The van der Waals surface area contributed by atoms with Gasteiger partial charge >= 0.3 is 0 Å². The van der Waals surface area contributed by atoms with E-state index in [1.54, 1.807) is 7.05 Å². The molecule has 1 amide bonds. The molecule has 1 heterocycles. The Kier molecular flexibility index (Phi) is 4.92. The summed E-state index contributed by atoms with van der Waals surface area (Å²) in [5.74, 6) is 1.08. The first-order valence-corrected chi connectivity index (χ1v) is 8.66. The van der Waals surface area contributed by atoms with E-state index in [4.69, 9.17) is 9.47 Å². The van der Waals surface area contributed by atoms with E-state index in [2.05, 4.69) is 0 Å². The number of amides is 1. The van der Waals surface area contributed by atoms with E-state index in [0.29, 0.717) is 31.3 Å². The SMILES string of the molecule is CN(Cc1ccc2c(c1)OCCO2)C(=O)CN(C)S(C)(=O)=O. The largest absolute Gasteiger partial charge is 0.486 e. The van der Waals surface area contributed by atoms with Crippen molar-refractivity contribution in [2.75, 3.05) is 40.1 Å². The molecule has 0 radical (unpaired) electrons. The second-order valence-corrected chi connectivity index (χ2v) is 7.34. The van der Waals surface area contributed by atoms with Crippen molar-refractivity contribution in [3.8, 4) is 11.5 Å². The van der Waals surface area contributed by atoms with Gasteiger partial charge in [-0.3, -0.25) is 4.79 Å². The molecule has 0 fully saturated rings. The Hall–Kier alpha value is -1.80. The van der Waals surface area contributed by atoms with Gasteiger partial charge in [-0.1, -0.05) is 6.07 Å². The van der Waals surface area contributed by atoms with E-state index in [1.807, 2.05) is 18.2 Å². The molecule has 1 aliphatic heterocycles. The predicted molar refractivity (Wildman–Crippen MR) is 81.4 cm³/mol. The minimum atomic E-state index is -3.37. The highest BCUT2D eigenvalue weighted by atomic mass is 32.2. The number of hydrogen-bond donors (Lipinski definition) is 0. The number of carbonyl (C=O) groups is 1. The zero-order valence-corrected chi connectivity index (χ0v) is 13.7. The van der Waals surface area contributed by atoms with Crippen LogP contribution in [0, 0.1) is 0 Å². The number of ether oxygens (including phenoxy) is 2. The van der Waals surface area contributed by atoms with Crippen LogP contribution in [0.2, 0.25) is 0 Å². The standard InChI is InChI=1S/C14H20N2O5S/c1-15(14(17)10-16(2)22(3,18)19)9-11-4-5-12-13(8-11)21-7-6-20-12/h4-5,8H,6-7,9-10H2,1-3H3. The normalized spacial score (nSPS) is 14.0. The van der Waals surface area contributed by atoms with Gasteiger partial charge in [-0.2, -0.15) is 4.31 Å². The van der Waals surface area contributed by atoms with Gasteiger partial charge in [0, 0.05) is 20.6 Å². The van der Waals surface area contributed by atoms with Gasteiger partial charge in [0.1, 0.15) is 13.2 Å². The summed E-state index contributed by atoms with van der Waals surface area (Å²) in [6.07, 6.45) is 1.07. The zero-order valence-electron chi connectivity index (χ0n) is 12.9. The molecular formula is C14H20N2O5S. The number of fused-ring (bicyclic) bond motifs is 1. The number of likely N-dealkylation sites (N-methyl/N-ethyl adjacent to an activating group) is 2. The van der Waals surface area contributed by atoms with E-state index in [-0.39, 0.29) is 12.5 Å². The second kappa shape index (κ2) is 6.53. The molecule has 7 nitrogen and oxygen atoms in total. The average molecular weight is 328 g/mol. The molecule has 0 N–H and O–H groups in total. The monoisotopic (exact) mass is 328 g/mol. The van der Waals surface area contributed by atoms with E-state index in [0.717, 1.165) is 16.1 Å². The van der Waals surface area contributed by atoms with Gasteiger partial charge < -0.3 is 14.4 Å². The fraction of sp³-hybridized carbons (Fsp3) is 0.500. The molecular weight excluding hydrogens is 308 g/mol. The van der Waals surface area contributed by atoms with E-state index >= 15 is 0 Å². The summed E-state index contributed by atoms with van der Waals surface area (Å²) in [5, 5.41) is 0. The maximum Gasteiger partial charge on any atom is 0.237 e. The van der Waals surface area contributed by atoms with Crippen molar-refractivity contribution < 1.29 is 22.7 Å². The Labute approximate surface area is 130 Å². The number of hydrogen-bond acceptors (Lipinski definition) is 5. The minimum Gasteiger partial charge on any atom is -0.486 e. The molecule has 0 spiro atoms. The molecule has 0 aliphatic carbocycles. The van der Waals surface area contributed by atoms with Gasteiger partial charge in [-0.05, 0) is 17.7 Å². The first kappa shape index (κ1) is 16.6. The molecule has 2 rings (SSSR count). The van der Waals surface area contributed by atoms with Crippen LogP contribution in [0.25, 0.3) is 0 Å². The number of rotatable bonds is 5. The van der Waals surface area contributed by atoms with Gasteiger partial charge in [0.2, 0.25) is 15.9 Å². The van der Waals surface area contributed by atoms with E-state index < -0.39 is 10.0 Å². The fourth-order valence-electron chi connectivity index (χ4n) is 1.98. The molecule has 0 unspecified atom stereocenters. The summed E-state index contributed by atoms with van der Waals surface area (Å²) in [5.41, 5.74) is 0.891. The summed E-state index contributed by atoms with van der Waals surface area (Å²) in [6, 6.07) is 5.50. The molecule has 0 bridgehead atoms. The van der Waals surface area contributed by atoms with Crippen LogP contribution in [0.1, 0.15) is 5.56 Å². The van der Waals surface area contributed by atoms with Gasteiger partial charge in [-0.15, -0.1) is 0 Å². The van der Waals surface area contributed by atoms with E-state index in [1.165, 1.54) is 11.9 Å². The van der Waals surface area contributed by atoms with Gasteiger partial charge in [0.05, 0.1) is 12.8 Å². The Balaban J connectivity index is 1.99. The third kappa shape index (κ3) is 4.11. The first-order chi connectivity index (χ1) is 10.3. The molecule has 0 aromatic heterocycles. The van der Waals surface area contributed by atoms with Crippen molar-refractivity contribution in [1.29, 1.82) is 0 Å². The number of benzene rings is 1. The highest BCUT2D eigenvalue weighted by Crippen LogP contribution is 2.31. The van der Waals surface area contributed by atoms with Crippen LogP contribution in [-0.4, -0.2) is 63.6 Å². The molecule has 8 heteroatoms. The lowest BCUT2D eigenvalue weighted by Crippen LogP contribution is -2.38. The summed E-state index contributed by atoms with van der Waals surface area (Å²) in [7, 11) is -0.353. The van der Waals surface area contributed by atoms with Crippen molar-refractivity contribution in [2.45, 2.75) is 6.54 Å². The lowest BCUT2D eigenvalue weighted by molar-refractivity contribution is -0.130. The smallest absolute Gasteiger partial charge is 0.237 e. The molecule has 1 aliphatic rings. The highest BCUT2D eigenvalue weighted by molar-refractivity contribution is 7.88. The van der Waals surface area contributed by atoms with Crippen molar-refractivity contribution in [3.63, 3.8) is 0 Å². The molecule has 0 saturated heterocycles. The summed E-state index contributed by atoms with van der Waals surface area (Å²) >= 11 is 0. The maximum atomic E-state index is 12.1. The fourth-order valence-corrected chi connectivity index (χ4v) is 2.32. The van der Waals surface area contributed by atoms with Crippen molar-refractivity contribution in [2.24, 2.45) is 0 Å². The zero-order chi connectivity index (χ0) is 16.3. The Morgan fingerprint density at radius 2 is 1.82 bits per heavy atom. The molecule has 0 saturated carbocycles. The molecule has 0 atom stereocenters. The minimum absolute atomic E-state index is 0.181.